The summed E-state index contributed by atoms with van der Waals surface area (Å²) in [6.07, 6.45) is 0. The van der Waals surface area contributed by atoms with Crippen molar-refractivity contribution in [2.45, 2.75) is 0 Å². The third-order valence-electron chi connectivity index (χ3n) is 2.48. The highest BCUT2D eigenvalue weighted by Gasteiger charge is 2.08. The standard InChI is InChI=1S/C14H7Cl5N2/c15-8-5-6-10(12(17)7-8)14(19)21-20-13(18)9-3-1-2-4-11(9)16/h1-7H. The third kappa shape index (κ3) is 4.35. The van der Waals surface area contributed by atoms with E-state index >= 15 is 0 Å². The van der Waals surface area contributed by atoms with E-state index in [1.165, 1.54) is 0 Å². The van der Waals surface area contributed by atoms with Gasteiger partial charge < -0.3 is 0 Å². The lowest BCUT2D eigenvalue weighted by Crippen LogP contribution is -1.95. The van der Waals surface area contributed by atoms with Gasteiger partial charge in [0.25, 0.3) is 0 Å². The van der Waals surface area contributed by atoms with Gasteiger partial charge in [0.2, 0.25) is 0 Å². The molecule has 0 bridgehead atoms. The zero-order valence-corrected chi connectivity index (χ0v) is 14.1. The van der Waals surface area contributed by atoms with Crippen LogP contribution < -0.4 is 0 Å². The second-order valence-corrected chi connectivity index (χ2v) is 5.85. The Morgan fingerprint density at radius 2 is 1.29 bits per heavy atom. The van der Waals surface area contributed by atoms with Crippen LogP contribution in [0.15, 0.2) is 52.7 Å². The average molecular weight is 380 g/mol. The van der Waals surface area contributed by atoms with Crippen LogP contribution in [0.2, 0.25) is 15.1 Å². The van der Waals surface area contributed by atoms with E-state index < -0.39 is 0 Å². The predicted octanol–water partition coefficient (Wildman–Crippen LogP) is 6.23. The molecule has 0 atom stereocenters. The van der Waals surface area contributed by atoms with Crippen LogP contribution in [-0.2, 0) is 0 Å². The van der Waals surface area contributed by atoms with Gasteiger partial charge in [-0.25, -0.2) is 0 Å². The van der Waals surface area contributed by atoms with Crippen LogP contribution >= 0.6 is 58.0 Å². The minimum atomic E-state index is 0.0990. The van der Waals surface area contributed by atoms with Gasteiger partial charge in [-0.3, -0.25) is 0 Å². The first kappa shape index (κ1) is 16.6. The van der Waals surface area contributed by atoms with Gasteiger partial charge in [-0.15, -0.1) is 10.2 Å². The minimum absolute atomic E-state index is 0.0990. The second-order valence-electron chi connectivity index (χ2n) is 3.89. The summed E-state index contributed by atoms with van der Waals surface area (Å²) < 4.78 is 0. The Hall–Kier alpha value is -0.770. The Kier molecular flexibility index (Phi) is 5.91. The molecule has 7 heteroatoms. The molecule has 2 aromatic rings. The first-order valence-corrected chi connectivity index (χ1v) is 7.55. The molecule has 0 aliphatic rings. The molecule has 0 aliphatic heterocycles. The molecule has 0 heterocycles. The van der Waals surface area contributed by atoms with E-state index in [0.717, 1.165) is 0 Å². The monoisotopic (exact) mass is 378 g/mol. The molecule has 0 amide bonds. The lowest BCUT2D eigenvalue weighted by Gasteiger charge is -2.02. The summed E-state index contributed by atoms with van der Waals surface area (Å²) in [4.78, 5) is 0. The maximum atomic E-state index is 6.06. The van der Waals surface area contributed by atoms with Crippen LogP contribution in [0.4, 0.5) is 0 Å². The second kappa shape index (κ2) is 7.48. The highest BCUT2D eigenvalue weighted by atomic mass is 35.5. The van der Waals surface area contributed by atoms with Gasteiger partial charge in [-0.1, -0.05) is 76.2 Å². The van der Waals surface area contributed by atoms with Gasteiger partial charge in [0.05, 0.1) is 10.0 Å². The van der Waals surface area contributed by atoms with E-state index in [1.54, 1.807) is 42.5 Å². The molecular formula is C14H7Cl5N2. The van der Waals surface area contributed by atoms with E-state index in [1.807, 2.05) is 0 Å². The molecule has 108 valence electrons. The topological polar surface area (TPSA) is 24.7 Å². The van der Waals surface area contributed by atoms with E-state index in [2.05, 4.69) is 10.2 Å². The molecule has 0 fully saturated rings. The summed E-state index contributed by atoms with van der Waals surface area (Å²) in [6.45, 7) is 0. The van der Waals surface area contributed by atoms with Crippen molar-refractivity contribution in [2.75, 3.05) is 0 Å². The summed E-state index contributed by atoms with van der Waals surface area (Å²) in [6, 6.07) is 11.9. The SMILES string of the molecule is ClC(=NN=C(Cl)c1ccc(Cl)cc1Cl)c1ccccc1Cl. The number of benzene rings is 2. The maximum absolute atomic E-state index is 6.06. The predicted molar refractivity (Wildman–Crippen MR) is 92.7 cm³/mol. The van der Waals surface area contributed by atoms with Crippen molar-refractivity contribution in [1.82, 2.24) is 0 Å². The number of hydrogen-bond acceptors (Lipinski definition) is 2. The molecule has 0 saturated carbocycles. The summed E-state index contributed by atoms with van der Waals surface area (Å²) in [5, 5.41) is 9.29. The number of halogens is 5. The van der Waals surface area contributed by atoms with Crippen LogP contribution in [-0.4, -0.2) is 10.3 Å². The van der Waals surface area contributed by atoms with Crippen LogP contribution in [0.3, 0.4) is 0 Å². The summed E-state index contributed by atoms with van der Waals surface area (Å²) in [5.74, 6) is 0. The van der Waals surface area contributed by atoms with Gasteiger partial charge in [0, 0.05) is 16.1 Å². The Balaban J connectivity index is 2.31. The summed E-state index contributed by atoms with van der Waals surface area (Å²) in [5.41, 5.74) is 1.08. The Bertz CT molecular complexity index is 725. The van der Waals surface area contributed by atoms with E-state index in [4.69, 9.17) is 58.0 Å². The normalized spacial score (nSPS) is 12.6. The molecule has 0 saturated heterocycles. The first-order valence-electron chi connectivity index (χ1n) is 5.66. The van der Waals surface area contributed by atoms with Crippen LogP contribution in [0, 0.1) is 0 Å². The molecular weight excluding hydrogens is 373 g/mol. The van der Waals surface area contributed by atoms with Crippen molar-refractivity contribution < 1.29 is 0 Å². The molecule has 0 N–H and O–H groups in total. The van der Waals surface area contributed by atoms with Gasteiger partial charge in [0.1, 0.15) is 0 Å². The highest BCUT2D eigenvalue weighted by Crippen LogP contribution is 2.23. The molecule has 0 aromatic heterocycles. The van der Waals surface area contributed by atoms with E-state index in [9.17, 15) is 0 Å². The number of nitrogens with zero attached hydrogens (tertiary/aromatic N) is 2. The lowest BCUT2D eigenvalue weighted by atomic mass is 10.2. The Labute approximate surface area is 146 Å². The molecule has 0 radical (unpaired) electrons. The van der Waals surface area contributed by atoms with Crippen molar-refractivity contribution in [3.05, 3.63) is 68.7 Å². The Morgan fingerprint density at radius 1 is 0.714 bits per heavy atom. The van der Waals surface area contributed by atoms with Gasteiger partial charge in [-0.05, 0) is 24.3 Å². The molecule has 0 aliphatic carbocycles. The third-order valence-corrected chi connectivity index (χ3v) is 3.91. The summed E-state index contributed by atoms with van der Waals surface area (Å²) >= 11 is 30.0. The zero-order chi connectivity index (χ0) is 15.4. The first-order chi connectivity index (χ1) is 9.99. The molecule has 0 spiro atoms. The summed E-state index contributed by atoms with van der Waals surface area (Å²) in [7, 11) is 0. The van der Waals surface area contributed by atoms with Crippen molar-refractivity contribution >= 4 is 68.3 Å². The number of rotatable bonds is 3. The van der Waals surface area contributed by atoms with Crippen molar-refractivity contribution in [3.63, 3.8) is 0 Å². The average Bonchev–Trinajstić information content (AvgIpc) is 2.45. The van der Waals surface area contributed by atoms with Crippen LogP contribution in [0.1, 0.15) is 11.1 Å². The molecule has 2 nitrogen and oxygen atoms in total. The maximum Gasteiger partial charge on any atom is 0.160 e. The minimum Gasteiger partial charge on any atom is -0.136 e. The molecule has 2 rings (SSSR count). The van der Waals surface area contributed by atoms with Crippen molar-refractivity contribution in [3.8, 4) is 0 Å². The van der Waals surface area contributed by atoms with Crippen LogP contribution in [0.25, 0.3) is 0 Å². The van der Waals surface area contributed by atoms with Crippen LogP contribution in [0.5, 0.6) is 0 Å². The largest absolute Gasteiger partial charge is 0.160 e. The number of hydrogen-bond donors (Lipinski definition) is 0. The smallest absolute Gasteiger partial charge is 0.136 e. The van der Waals surface area contributed by atoms with E-state index in [0.29, 0.717) is 26.2 Å². The van der Waals surface area contributed by atoms with E-state index in [-0.39, 0.29) is 10.3 Å². The zero-order valence-electron chi connectivity index (χ0n) is 10.3. The van der Waals surface area contributed by atoms with Crippen molar-refractivity contribution in [2.24, 2.45) is 10.2 Å². The van der Waals surface area contributed by atoms with Gasteiger partial charge in [0.15, 0.2) is 10.3 Å². The fourth-order valence-corrected chi connectivity index (χ4v) is 2.71. The fourth-order valence-electron chi connectivity index (χ4n) is 1.48. The molecule has 21 heavy (non-hydrogen) atoms. The fraction of sp³-hybridized carbons (Fsp3) is 0. The Morgan fingerprint density at radius 3 is 1.86 bits per heavy atom. The lowest BCUT2D eigenvalue weighted by molar-refractivity contribution is 1.25. The van der Waals surface area contributed by atoms with Gasteiger partial charge in [-0.2, -0.15) is 0 Å². The molecule has 0 unspecified atom stereocenters. The van der Waals surface area contributed by atoms with Gasteiger partial charge >= 0.3 is 0 Å². The highest BCUT2D eigenvalue weighted by molar-refractivity contribution is 6.72. The quantitative estimate of drug-likeness (QED) is 0.445. The van der Waals surface area contributed by atoms with Crippen molar-refractivity contribution in [1.29, 1.82) is 0 Å². The molecule has 2 aromatic carbocycles.